The van der Waals surface area contributed by atoms with Crippen molar-refractivity contribution in [2.24, 2.45) is 0 Å². The molecule has 128 valence electrons. The normalized spacial score (nSPS) is 10.9. The van der Waals surface area contributed by atoms with Crippen molar-refractivity contribution in [2.75, 3.05) is 0 Å². The van der Waals surface area contributed by atoms with Crippen LogP contribution in [0.25, 0.3) is 28.1 Å². The van der Waals surface area contributed by atoms with Gasteiger partial charge in [0.2, 0.25) is 0 Å². The van der Waals surface area contributed by atoms with Crippen LogP contribution in [0.1, 0.15) is 17.0 Å². The van der Waals surface area contributed by atoms with Crippen LogP contribution in [0.3, 0.4) is 0 Å². The number of hydrogen-bond donors (Lipinski definition) is 0. The van der Waals surface area contributed by atoms with Crippen LogP contribution in [0.5, 0.6) is 0 Å². The monoisotopic (exact) mass is 339 g/mol. The third kappa shape index (κ3) is 2.72. The van der Waals surface area contributed by atoms with E-state index in [0.29, 0.717) is 0 Å². The molecule has 26 heavy (non-hydrogen) atoms. The fourth-order valence-electron chi connectivity index (χ4n) is 3.39. The highest BCUT2D eigenvalue weighted by Crippen LogP contribution is 2.37. The van der Waals surface area contributed by atoms with Crippen LogP contribution < -0.4 is 0 Å². The van der Waals surface area contributed by atoms with Crippen LogP contribution in [0.15, 0.2) is 73.2 Å². The van der Waals surface area contributed by atoms with Gasteiger partial charge in [-0.15, -0.1) is 0 Å². The molecule has 2 aromatic heterocycles. The largest absolute Gasteiger partial charge is 0.288 e. The Hall–Kier alpha value is -3.20. The second-order valence-corrected chi connectivity index (χ2v) is 6.52. The first kappa shape index (κ1) is 16.3. The molecule has 0 amide bonds. The van der Waals surface area contributed by atoms with Crippen molar-refractivity contribution in [1.82, 2.24) is 14.5 Å². The summed E-state index contributed by atoms with van der Waals surface area (Å²) >= 11 is 0. The number of hydrogen-bond acceptors (Lipinski definition) is 2. The van der Waals surface area contributed by atoms with E-state index in [0.717, 1.165) is 22.8 Å². The number of aromatic nitrogens is 3. The molecule has 0 radical (unpaired) electrons. The first-order chi connectivity index (χ1) is 12.7. The molecule has 2 heterocycles. The summed E-state index contributed by atoms with van der Waals surface area (Å²) in [5.41, 5.74) is 7.30. The Labute approximate surface area is 154 Å². The van der Waals surface area contributed by atoms with Crippen molar-refractivity contribution < 1.29 is 0 Å². The Morgan fingerprint density at radius 1 is 0.731 bits per heavy atom. The van der Waals surface area contributed by atoms with E-state index in [9.17, 15) is 0 Å². The van der Waals surface area contributed by atoms with Crippen LogP contribution in [0.4, 0.5) is 0 Å². The van der Waals surface area contributed by atoms with Gasteiger partial charge in [-0.25, -0.2) is 9.97 Å². The molecule has 4 rings (SSSR count). The van der Waals surface area contributed by atoms with Gasteiger partial charge in [0, 0.05) is 24.2 Å². The topological polar surface area (TPSA) is 30.7 Å². The lowest BCUT2D eigenvalue weighted by Crippen LogP contribution is -2.03. The van der Waals surface area contributed by atoms with Gasteiger partial charge in [-0.05, 0) is 54.7 Å². The first-order valence-electron chi connectivity index (χ1n) is 8.78. The number of imidazole rings is 1. The van der Waals surface area contributed by atoms with Gasteiger partial charge >= 0.3 is 0 Å². The first-order valence-corrected chi connectivity index (χ1v) is 8.78. The summed E-state index contributed by atoms with van der Waals surface area (Å²) in [6, 6.07) is 19.0. The van der Waals surface area contributed by atoms with Crippen LogP contribution in [0.2, 0.25) is 0 Å². The molecule has 0 atom stereocenters. The van der Waals surface area contributed by atoms with E-state index in [1.165, 1.54) is 22.3 Å². The van der Waals surface area contributed by atoms with E-state index in [2.05, 4.69) is 71.9 Å². The fraction of sp³-hybridized carbons (Fsp3) is 0.130. The van der Waals surface area contributed by atoms with E-state index in [1.54, 1.807) is 0 Å². The van der Waals surface area contributed by atoms with Crippen molar-refractivity contribution in [3.05, 3.63) is 90.1 Å². The fourth-order valence-corrected chi connectivity index (χ4v) is 3.39. The van der Waals surface area contributed by atoms with Gasteiger partial charge in [0.1, 0.15) is 11.6 Å². The number of nitrogens with zero attached hydrogens (tertiary/aromatic N) is 3. The average Bonchev–Trinajstić information content (AvgIpc) is 3.10. The van der Waals surface area contributed by atoms with Gasteiger partial charge in [-0.1, -0.05) is 48.5 Å². The van der Waals surface area contributed by atoms with Gasteiger partial charge in [-0.2, -0.15) is 0 Å². The summed E-state index contributed by atoms with van der Waals surface area (Å²) in [6.07, 6.45) is 5.67. The summed E-state index contributed by atoms with van der Waals surface area (Å²) < 4.78 is 2.05. The summed E-state index contributed by atoms with van der Waals surface area (Å²) in [5, 5.41) is 0. The maximum atomic E-state index is 4.72. The second-order valence-electron chi connectivity index (χ2n) is 6.52. The predicted molar refractivity (Wildman–Crippen MR) is 106 cm³/mol. The van der Waals surface area contributed by atoms with Crippen molar-refractivity contribution in [3.63, 3.8) is 0 Å². The molecule has 3 nitrogen and oxygen atoms in total. The van der Waals surface area contributed by atoms with Crippen molar-refractivity contribution in [2.45, 2.75) is 20.8 Å². The second kappa shape index (κ2) is 6.60. The molecule has 0 spiro atoms. The van der Waals surface area contributed by atoms with Crippen LogP contribution in [0, 0.1) is 20.8 Å². The lowest BCUT2D eigenvalue weighted by molar-refractivity contribution is 0.935. The lowest BCUT2D eigenvalue weighted by Gasteiger charge is -2.18. The quantitative estimate of drug-likeness (QED) is 0.491. The summed E-state index contributed by atoms with van der Waals surface area (Å²) in [6.45, 7) is 6.34. The molecule has 3 heteroatoms. The predicted octanol–water partition coefficient (Wildman–Crippen LogP) is 5.53. The Balaban J connectivity index is 2.07. The molecule has 0 aliphatic carbocycles. The van der Waals surface area contributed by atoms with E-state index in [4.69, 9.17) is 4.98 Å². The number of rotatable bonds is 3. The minimum atomic E-state index is 0.907. The minimum absolute atomic E-state index is 0.907. The molecule has 0 saturated heterocycles. The maximum Gasteiger partial charge on any atom is 0.146 e. The minimum Gasteiger partial charge on any atom is -0.288 e. The van der Waals surface area contributed by atoms with Crippen molar-refractivity contribution in [3.8, 4) is 28.1 Å². The highest BCUT2D eigenvalue weighted by Gasteiger charge is 2.17. The number of pyridine rings is 1. The van der Waals surface area contributed by atoms with Crippen LogP contribution in [-0.4, -0.2) is 14.5 Å². The number of aryl methyl sites for hydroxylation is 2. The smallest absolute Gasteiger partial charge is 0.146 e. The zero-order valence-electron chi connectivity index (χ0n) is 15.3. The standard InChI is InChI=1S/C23H21N3/c1-16-8-7-11-20(17(16)2)21-12-13-25-23(26-15-14-24-18(26)3)22(21)19-9-5-4-6-10-19/h4-15H,1-3H3. The van der Waals surface area contributed by atoms with Gasteiger partial charge in [0.25, 0.3) is 0 Å². The number of benzene rings is 2. The molecule has 0 aliphatic rings. The molecule has 0 unspecified atom stereocenters. The third-order valence-electron chi connectivity index (χ3n) is 4.94. The molecular formula is C23H21N3. The molecule has 0 aliphatic heterocycles. The summed E-state index contributed by atoms with van der Waals surface area (Å²) in [7, 11) is 0. The molecular weight excluding hydrogens is 318 g/mol. The summed E-state index contributed by atoms with van der Waals surface area (Å²) in [5.74, 6) is 1.83. The van der Waals surface area contributed by atoms with E-state index in [1.807, 2.05) is 31.6 Å². The molecule has 0 bridgehead atoms. The van der Waals surface area contributed by atoms with Gasteiger partial charge in [0.15, 0.2) is 0 Å². The van der Waals surface area contributed by atoms with E-state index in [-0.39, 0.29) is 0 Å². The van der Waals surface area contributed by atoms with Crippen molar-refractivity contribution in [1.29, 1.82) is 0 Å². The zero-order chi connectivity index (χ0) is 18.1. The maximum absolute atomic E-state index is 4.72. The van der Waals surface area contributed by atoms with E-state index < -0.39 is 0 Å². The zero-order valence-corrected chi connectivity index (χ0v) is 15.3. The van der Waals surface area contributed by atoms with Gasteiger partial charge in [-0.3, -0.25) is 4.57 Å². The summed E-state index contributed by atoms with van der Waals surface area (Å²) in [4.78, 5) is 9.10. The third-order valence-corrected chi connectivity index (χ3v) is 4.94. The Morgan fingerprint density at radius 3 is 2.27 bits per heavy atom. The molecule has 0 fully saturated rings. The van der Waals surface area contributed by atoms with Gasteiger partial charge < -0.3 is 0 Å². The Morgan fingerprint density at radius 2 is 1.54 bits per heavy atom. The molecule has 0 N–H and O–H groups in total. The SMILES string of the molecule is Cc1cccc(-c2ccnc(-n3ccnc3C)c2-c2ccccc2)c1C. The molecule has 0 saturated carbocycles. The van der Waals surface area contributed by atoms with Crippen LogP contribution in [-0.2, 0) is 0 Å². The van der Waals surface area contributed by atoms with Gasteiger partial charge in [0.05, 0.1) is 0 Å². The molecule has 4 aromatic rings. The molecule has 2 aromatic carbocycles. The van der Waals surface area contributed by atoms with Crippen LogP contribution >= 0.6 is 0 Å². The average molecular weight is 339 g/mol. The Kier molecular flexibility index (Phi) is 4.13. The highest BCUT2D eigenvalue weighted by atomic mass is 15.1. The highest BCUT2D eigenvalue weighted by molar-refractivity contribution is 5.89. The van der Waals surface area contributed by atoms with E-state index >= 15 is 0 Å². The lowest BCUT2D eigenvalue weighted by atomic mass is 9.91. The van der Waals surface area contributed by atoms with Crippen molar-refractivity contribution >= 4 is 0 Å². The Bertz CT molecular complexity index is 1060.